The van der Waals surface area contributed by atoms with E-state index in [9.17, 15) is 18.0 Å². The molecule has 0 unspecified atom stereocenters. The Balaban J connectivity index is 2.44. The first-order valence-corrected chi connectivity index (χ1v) is 5.72. The van der Waals surface area contributed by atoms with Crippen LogP contribution < -0.4 is 10.6 Å². The number of hydrogen-bond acceptors (Lipinski definition) is 4. The summed E-state index contributed by atoms with van der Waals surface area (Å²) in [6.45, 7) is 4.04. The van der Waals surface area contributed by atoms with Crippen LogP contribution in [0.1, 0.15) is 19.5 Å². The topological polar surface area (TPSA) is 66.9 Å². The van der Waals surface area contributed by atoms with Crippen LogP contribution in [0.25, 0.3) is 0 Å². The summed E-state index contributed by atoms with van der Waals surface area (Å²) in [6.07, 6.45) is -3.46. The third kappa shape index (κ3) is 5.11. The number of carbonyl (C=O) groups excluding carboxylic acids is 1. The Morgan fingerprint density at radius 2 is 2.05 bits per heavy atom. The van der Waals surface area contributed by atoms with Gasteiger partial charge in [0.1, 0.15) is 5.69 Å². The lowest BCUT2D eigenvalue weighted by molar-refractivity contribution is -0.141. The molecule has 0 aromatic carbocycles. The van der Waals surface area contributed by atoms with Gasteiger partial charge < -0.3 is 10.6 Å². The minimum atomic E-state index is -4.49. The summed E-state index contributed by atoms with van der Waals surface area (Å²) in [6, 6.07) is 0.797. The van der Waals surface area contributed by atoms with E-state index in [1.807, 2.05) is 0 Å². The monoisotopic (exact) mass is 276 g/mol. The minimum Gasteiger partial charge on any atom is -0.354 e. The van der Waals surface area contributed by atoms with Crippen LogP contribution in [0.2, 0.25) is 0 Å². The number of carbonyl (C=O) groups is 1. The molecule has 0 saturated carbocycles. The summed E-state index contributed by atoms with van der Waals surface area (Å²) >= 11 is 0. The largest absolute Gasteiger partial charge is 0.433 e. The lowest BCUT2D eigenvalue weighted by Crippen LogP contribution is -2.32. The summed E-state index contributed by atoms with van der Waals surface area (Å²) in [5, 5.41) is 5.23. The average Bonchev–Trinajstić information content (AvgIpc) is 2.33. The highest BCUT2D eigenvalue weighted by atomic mass is 19.4. The molecule has 0 radical (unpaired) electrons. The molecule has 1 rings (SSSR count). The van der Waals surface area contributed by atoms with E-state index in [1.165, 1.54) is 0 Å². The van der Waals surface area contributed by atoms with Crippen LogP contribution in [-0.2, 0) is 11.0 Å². The molecular formula is C11H15F3N4O. The molecule has 0 aliphatic carbocycles. The Labute approximate surface area is 108 Å². The Kier molecular flexibility index (Phi) is 5.08. The first kappa shape index (κ1) is 15.2. The van der Waals surface area contributed by atoms with E-state index in [0.29, 0.717) is 0 Å². The number of hydrogen-bond donors (Lipinski definition) is 2. The minimum absolute atomic E-state index is 0.117. The second kappa shape index (κ2) is 6.35. The molecule has 19 heavy (non-hydrogen) atoms. The maximum absolute atomic E-state index is 12.4. The smallest absolute Gasteiger partial charge is 0.354 e. The second-order valence-electron chi connectivity index (χ2n) is 4.14. The molecule has 0 atom stereocenters. The quantitative estimate of drug-likeness (QED) is 0.803. The van der Waals surface area contributed by atoms with E-state index in [-0.39, 0.29) is 30.9 Å². The third-order valence-corrected chi connectivity index (χ3v) is 2.18. The van der Waals surface area contributed by atoms with Gasteiger partial charge in [0.2, 0.25) is 11.9 Å². The van der Waals surface area contributed by atoms with Crippen molar-refractivity contribution in [3.8, 4) is 0 Å². The zero-order valence-corrected chi connectivity index (χ0v) is 10.6. The van der Waals surface area contributed by atoms with Crippen molar-refractivity contribution in [2.24, 2.45) is 5.92 Å². The van der Waals surface area contributed by atoms with Crippen molar-refractivity contribution in [2.45, 2.75) is 20.0 Å². The highest BCUT2D eigenvalue weighted by Crippen LogP contribution is 2.27. The lowest BCUT2D eigenvalue weighted by atomic mass is 10.2. The maximum atomic E-state index is 12.4. The lowest BCUT2D eigenvalue weighted by Gasteiger charge is -2.10. The van der Waals surface area contributed by atoms with Gasteiger partial charge in [0, 0.05) is 25.2 Å². The summed E-state index contributed by atoms with van der Waals surface area (Å²) < 4.78 is 37.1. The molecule has 1 aromatic heterocycles. The van der Waals surface area contributed by atoms with Gasteiger partial charge in [-0.15, -0.1) is 0 Å². The van der Waals surface area contributed by atoms with Crippen molar-refractivity contribution in [3.05, 3.63) is 18.0 Å². The fraction of sp³-hybridized carbons (Fsp3) is 0.545. The van der Waals surface area contributed by atoms with Crippen LogP contribution in [0.4, 0.5) is 19.1 Å². The van der Waals surface area contributed by atoms with Gasteiger partial charge in [-0.2, -0.15) is 13.2 Å². The number of amides is 1. The zero-order chi connectivity index (χ0) is 14.5. The van der Waals surface area contributed by atoms with E-state index in [0.717, 1.165) is 12.3 Å². The highest BCUT2D eigenvalue weighted by molar-refractivity contribution is 5.77. The van der Waals surface area contributed by atoms with Gasteiger partial charge in [0.05, 0.1) is 0 Å². The van der Waals surface area contributed by atoms with Gasteiger partial charge in [-0.1, -0.05) is 13.8 Å². The van der Waals surface area contributed by atoms with Crippen molar-refractivity contribution >= 4 is 11.9 Å². The van der Waals surface area contributed by atoms with Crippen molar-refractivity contribution in [2.75, 3.05) is 18.4 Å². The van der Waals surface area contributed by atoms with E-state index < -0.39 is 11.9 Å². The molecule has 0 aliphatic heterocycles. The van der Waals surface area contributed by atoms with Crippen LogP contribution in [-0.4, -0.2) is 29.0 Å². The number of halogens is 3. The number of nitrogens with zero attached hydrogens (tertiary/aromatic N) is 2. The van der Waals surface area contributed by atoms with Crippen LogP contribution >= 0.6 is 0 Å². The van der Waals surface area contributed by atoms with E-state index >= 15 is 0 Å². The summed E-state index contributed by atoms with van der Waals surface area (Å²) in [7, 11) is 0. The molecule has 0 saturated heterocycles. The van der Waals surface area contributed by atoms with Crippen LogP contribution in [0, 0.1) is 5.92 Å². The Bertz CT molecular complexity index is 434. The van der Waals surface area contributed by atoms with Crippen molar-refractivity contribution < 1.29 is 18.0 Å². The third-order valence-electron chi connectivity index (χ3n) is 2.18. The average molecular weight is 276 g/mol. The molecule has 106 valence electrons. The Hall–Kier alpha value is -1.86. The first-order chi connectivity index (χ1) is 8.80. The summed E-state index contributed by atoms with van der Waals surface area (Å²) in [4.78, 5) is 18.2. The van der Waals surface area contributed by atoms with Crippen LogP contribution in [0.5, 0.6) is 0 Å². The fourth-order valence-electron chi connectivity index (χ4n) is 1.17. The summed E-state index contributed by atoms with van der Waals surface area (Å²) in [5.41, 5.74) is -1.00. The SMILES string of the molecule is CC(C)C(=O)NCCNc1nccc(C(F)(F)F)n1. The molecule has 2 N–H and O–H groups in total. The number of alkyl halides is 3. The Morgan fingerprint density at radius 1 is 1.37 bits per heavy atom. The first-order valence-electron chi connectivity index (χ1n) is 5.72. The standard InChI is InChI=1S/C11H15F3N4O/c1-7(2)9(19)15-5-6-17-10-16-4-3-8(18-10)11(12,13)14/h3-4,7H,5-6H2,1-2H3,(H,15,19)(H,16,17,18). The van der Waals surface area contributed by atoms with Crippen LogP contribution in [0.15, 0.2) is 12.3 Å². The van der Waals surface area contributed by atoms with Gasteiger partial charge in [-0.25, -0.2) is 9.97 Å². The molecule has 1 amide bonds. The van der Waals surface area contributed by atoms with E-state index in [4.69, 9.17) is 0 Å². The predicted molar refractivity (Wildman–Crippen MR) is 63.4 cm³/mol. The highest BCUT2D eigenvalue weighted by Gasteiger charge is 2.32. The molecule has 0 aliphatic rings. The van der Waals surface area contributed by atoms with Crippen LogP contribution in [0.3, 0.4) is 0 Å². The van der Waals surface area contributed by atoms with Gasteiger partial charge in [0.25, 0.3) is 0 Å². The number of aromatic nitrogens is 2. The summed E-state index contributed by atoms with van der Waals surface area (Å²) in [5.74, 6) is -0.370. The van der Waals surface area contributed by atoms with Crippen molar-refractivity contribution in [1.29, 1.82) is 0 Å². The van der Waals surface area contributed by atoms with Crippen molar-refractivity contribution in [1.82, 2.24) is 15.3 Å². The molecular weight excluding hydrogens is 261 g/mol. The van der Waals surface area contributed by atoms with Gasteiger partial charge in [-0.3, -0.25) is 4.79 Å². The normalized spacial score (nSPS) is 11.5. The van der Waals surface area contributed by atoms with Gasteiger partial charge in [-0.05, 0) is 6.07 Å². The predicted octanol–water partition coefficient (Wildman–Crippen LogP) is 1.68. The molecule has 0 fully saturated rings. The van der Waals surface area contributed by atoms with Gasteiger partial charge >= 0.3 is 6.18 Å². The van der Waals surface area contributed by atoms with E-state index in [1.54, 1.807) is 13.8 Å². The molecule has 1 aromatic rings. The Morgan fingerprint density at radius 3 is 2.63 bits per heavy atom. The van der Waals surface area contributed by atoms with Gasteiger partial charge in [0.15, 0.2) is 0 Å². The zero-order valence-electron chi connectivity index (χ0n) is 10.6. The number of anilines is 1. The number of nitrogens with one attached hydrogen (secondary N) is 2. The molecule has 1 heterocycles. The van der Waals surface area contributed by atoms with Crippen molar-refractivity contribution in [3.63, 3.8) is 0 Å². The number of rotatable bonds is 5. The molecule has 0 spiro atoms. The second-order valence-corrected chi connectivity index (χ2v) is 4.14. The molecule has 8 heteroatoms. The van der Waals surface area contributed by atoms with E-state index in [2.05, 4.69) is 20.6 Å². The fourth-order valence-corrected chi connectivity index (χ4v) is 1.17. The molecule has 5 nitrogen and oxygen atoms in total. The maximum Gasteiger partial charge on any atom is 0.433 e. The molecule has 0 bridgehead atoms.